The van der Waals surface area contributed by atoms with Crippen LogP contribution in [0.5, 0.6) is 0 Å². The summed E-state index contributed by atoms with van der Waals surface area (Å²) in [7, 11) is 0. The molecule has 0 unspecified atom stereocenters. The summed E-state index contributed by atoms with van der Waals surface area (Å²) in [6.07, 6.45) is -4.36. The van der Waals surface area contributed by atoms with Crippen LogP contribution in [0, 0.1) is 24.2 Å². The second-order valence-electron chi connectivity index (χ2n) is 10.3. The molecule has 206 valence electrons. The Labute approximate surface area is 215 Å². The first-order valence-corrected chi connectivity index (χ1v) is 12.2. The second-order valence-corrected chi connectivity index (χ2v) is 10.3. The Morgan fingerprint density at radius 2 is 1.86 bits per heavy atom. The minimum Gasteiger partial charge on any atom is -0.457 e. The third kappa shape index (κ3) is 8.13. The zero-order valence-corrected chi connectivity index (χ0v) is 22.0. The summed E-state index contributed by atoms with van der Waals surface area (Å²) in [5.41, 5.74) is -1.39. The number of carbonyl (C=O) groups is 2. The number of rotatable bonds is 2. The third-order valence-corrected chi connectivity index (χ3v) is 6.82. The van der Waals surface area contributed by atoms with Gasteiger partial charge in [0, 0.05) is 29.9 Å². The van der Waals surface area contributed by atoms with Gasteiger partial charge in [-0.3, -0.25) is 9.59 Å². The molecule has 0 saturated carbocycles. The molecule has 1 aromatic heterocycles. The van der Waals surface area contributed by atoms with E-state index < -0.39 is 71.9 Å². The summed E-state index contributed by atoms with van der Waals surface area (Å²) in [5.74, 6) is -2.38. The first kappa shape index (κ1) is 30.5. The number of carbonyl (C=O) groups excluding carboxylic acids is 2. The molecule has 0 spiro atoms. The SMILES string of the molecule is CC(=Cc1cc(C)on1)[C@@H]1CC=C(C(F)(F)F)CC=C[C@H](C)[C@H](O)[C@@H](C)C(=O)C(C)(C)[C@@H](O)CC(=O)O1. The average molecular weight is 528 g/mol. The number of aliphatic hydroxyl groups is 2. The number of nitrogens with zero attached hydrogens (tertiary/aromatic N) is 1. The van der Waals surface area contributed by atoms with Gasteiger partial charge < -0.3 is 19.5 Å². The fraction of sp³-hybridized carbons (Fsp3) is 0.593. The van der Waals surface area contributed by atoms with Crippen molar-refractivity contribution in [1.82, 2.24) is 5.16 Å². The van der Waals surface area contributed by atoms with Gasteiger partial charge in [-0.25, -0.2) is 0 Å². The molecule has 0 aromatic carbocycles. The van der Waals surface area contributed by atoms with E-state index in [4.69, 9.17) is 9.26 Å². The maximum atomic E-state index is 13.7. The van der Waals surface area contributed by atoms with Gasteiger partial charge in [0.2, 0.25) is 0 Å². The lowest BCUT2D eigenvalue weighted by atomic mass is 9.73. The molecule has 10 heteroatoms. The number of aryl methyl sites for hydroxylation is 1. The van der Waals surface area contributed by atoms with Crippen molar-refractivity contribution in [1.29, 1.82) is 0 Å². The van der Waals surface area contributed by atoms with E-state index in [-0.39, 0.29) is 6.42 Å². The highest BCUT2D eigenvalue weighted by molar-refractivity contribution is 5.88. The van der Waals surface area contributed by atoms with Crippen molar-refractivity contribution in [2.75, 3.05) is 0 Å². The molecule has 1 aliphatic rings. The van der Waals surface area contributed by atoms with Gasteiger partial charge in [-0.1, -0.05) is 51.1 Å². The number of hydrogen-bond acceptors (Lipinski definition) is 7. The molecule has 0 bridgehead atoms. The topological polar surface area (TPSA) is 110 Å². The van der Waals surface area contributed by atoms with Gasteiger partial charge in [0.05, 0.1) is 24.0 Å². The van der Waals surface area contributed by atoms with Crippen molar-refractivity contribution in [3.05, 3.63) is 46.9 Å². The van der Waals surface area contributed by atoms with Crippen LogP contribution in [0.4, 0.5) is 13.2 Å². The maximum absolute atomic E-state index is 13.7. The molecular formula is C27H36F3NO6. The first-order chi connectivity index (χ1) is 17.0. The van der Waals surface area contributed by atoms with Crippen molar-refractivity contribution < 1.29 is 42.2 Å². The van der Waals surface area contributed by atoms with E-state index in [1.165, 1.54) is 32.9 Å². The Morgan fingerprint density at radius 1 is 1.22 bits per heavy atom. The van der Waals surface area contributed by atoms with Gasteiger partial charge in [0.1, 0.15) is 23.3 Å². The number of aliphatic hydroxyl groups excluding tert-OH is 2. The van der Waals surface area contributed by atoms with Crippen molar-refractivity contribution in [2.24, 2.45) is 17.3 Å². The molecule has 0 radical (unpaired) electrons. The molecular weight excluding hydrogens is 491 g/mol. The molecule has 37 heavy (non-hydrogen) atoms. The summed E-state index contributed by atoms with van der Waals surface area (Å²) >= 11 is 0. The number of ketones is 1. The van der Waals surface area contributed by atoms with E-state index >= 15 is 0 Å². The fourth-order valence-corrected chi connectivity index (χ4v) is 4.18. The van der Waals surface area contributed by atoms with Gasteiger partial charge in [0.15, 0.2) is 0 Å². The number of halogens is 3. The molecule has 1 aromatic rings. The van der Waals surface area contributed by atoms with E-state index in [1.807, 2.05) is 0 Å². The number of alkyl halides is 3. The van der Waals surface area contributed by atoms with Crippen molar-refractivity contribution in [3.8, 4) is 0 Å². The van der Waals surface area contributed by atoms with Gasteiger partial charge in [-0.2, -0.15) is 13.2 Å². The largest absolute Gasteiger partial charge is 0.457 e. The third-order valence-electron chi connectivity index (χ3n) is 6.82. The van der Waals surface area contributed by atoms with Gasteiger partial charge in [-0.05, 0) is 31.9 Å². The molecule has 0 fully saturated rings. The lowest BCUT2D eigenvalue weighted by Crippen LogP contribution is -2.45. The number of allylic oxidation sites excluding steroid dienone is 2. The summed E-state index contributed by atoms with van der Waals surface area (Å²) in [6, 6.07) is 1.62. The highest BCUT2D eigenvalue weighted by atomic mass is 19.4. The standard InChI is InChI=1S/C27H36F3NO6/c1-15-8-7-9-19(27(28,29)30)10-11-21(16(2)12-20-13-17(3)37-31-20)36-23(33)14-22(32)26(5,6)25(35)18(4)24(15)34/h7-8,10,12-13,15,18,21-22,24,32,34H,9,11,14H2,1-6H3/t15-,18+,21-,22-,24-/m0/s1. The zero-order valence-electron chi connectivity index (χ0n) is 22.0. The van der Waals surface area contributed by atoms with E-state index in [2.05, 4.69) is 5.16 Å². The number of hydrogen-bond donors (Lipinski definition) is 2. The molecule has 2 rings (SSSR count). The fourth-order valence-electron chi connectivity index (χ4n) is 4.18. The van der Waals surface area contributed by atoms with Gasteiger partial charge in [0.25, 0.3) is 0 Å². The van der Waals surface area contributed by atoms with Crippen LogP contribution < -0.4 is 0 Å². The van der Waals surface area contributed by atoms with Crippen LogP contribution >= 0.6 is 0 Å². The number of esters is 1. The molecule has 2 N–H and O–H groups in total. The van der Waals surface area contributed by atoms with Crippen LogP contribution in [0.25, 0.3) is 6.08 Å². The van der Waals surface area contributed by atoms with E-state index in [9.17, 15) is 33.0 Å². The smallest absolute Gasteiger partial charge is 0.412 e. The Balaban J connectivity index is 2.50. The number of ether oxygens (including phenoxy) is 1. The Kier molecular flexibility index (Phi) is 10.1. The van der Waals surface area contributed by atoms with Crippen LogP contribution in [-0.4, -0.2) is 51.6 Å². The number of Topliss-reactive ketones (excluding diaryl/α,β-unsaturated/α-hetero) is 1. The summed E-state index contributed by atoms with van der Waals surface area (Å²) < 4.78 is 51.7. The van der Waals surface area contributed by atoms with Crippen LogP contribution in [0.3, 0.4) is 0 Å². The highest BCUT2D eigenvalue weighted by Gasteiger charge is 2.42. The Bertz CT molecular complexity index is 1050. The summed E-state index contributed by atoms with van der Waals surface area (Å²) in [5, 5.41) is 25.2. The minimum atomic E-state index is -4.63. The van der Waals surface area contributed by atoms with E-state index in [0.29, 0.717) is 17.0 Å². The molecule has 0 saturated heterocycles. The molecule has 0 amide bonds. The zero-order chi connectivity index (χ0) is 28.1. The maximum Gasteiger partial charge on any atom is 0.412 e. The highest BCUT2D eigenvalue weighted by Crippen LogP contribution is 2.33. The minimum absolute atomic E-state index is 0.277. The quantitative estimate of drug-likeness (QED) is 0.406. The van der Waals surface area contributed by atoms with Crippen molar-refractivity contribution >= 4 is 17.8 Å². The average Bonchev–Trinajstić information content (AvgIpc) is 3.21. The molecule has 5 atom stereocenters. The van der Waals surface area contributed by atoms with Gasteiger partial charge >= 0.3 is 12.1 Å². The van der Waals surface area contributed by atoms with Crippen LogP contribution in [0.1, 0.15) is 65.3 Å². The van der Waals surface area contributed by atoms with E-state index in [1.54, 1.807) is 32.9 Å². The normalized spacial score (nSPS) is 29.1. The van der Waals surface area contributed by atoms with Crippen LogP contribution in [0.2, 0.25) is 0 Å². The monoisotopic (exact) mass is 527 g/mol. The predicted molar refractivity (Wildman–Crippen MR) is 131 cm³/mol. The lowest BCUT2D eigenvalue weighted by molar-refractivity contribution is -0.154. The van der Waals surface area contributed by atoms with E-state index in [0.717, 1.165) is 6.08 Å². The lowest BCUT2D eigenvalue weighted by Gasteiger charge is -2.34. The van der Waals surface area contributed by atoms with Crippen molar-refractivity contribution in [3.63, 3.8) is 0 Å². The summed E-state index contributed by atoms with van der Waals surface area (Å²) in [6.45, 7) is 9.33. The Hall–Kier alpha value is -2.72. The van der Waals surface area contributed by atoms with Crippen LogP contribution in [0.15, 0.2) is 40.0 Å². The number of aromatic nitrogens is 1. The number of cyclic esters (lactones) is 1. The van der Waals surface area contributed by atoms with Gasteiger partial charge in [-0.15, -0.1) is 0 Å². The molecule has 7 nitrogen and oxygen atoms in total. The second kappa shape index (κ2) is 12.2. The molecule has 1 aliphatic heterocycles. The van der Waals surface area contributed by atoms with Crippen molar-refractivity contribution in [2.45, 2.75) is 85.3 Å². The molecule has 0 aliphatic carbocycles. The predicted octanol–water partition coefficient (Wildman–Crippen LogP) is 5.12. The Morgan fingerprint density at radius 3 is 2.43 bits per heavy atom. The molecule has 2 heterocycles. The van der Waals surface area contributed by atoms with Crippen LogP contribution in [-0.2, 0) is 14.3 Å². The first-order valence-electron chi connectivity index (χ1n) is 12.2. The summed E-state index contributed by atoms with van der Waals surface area (Å²) in [4.78, 5) is 25.9.